The number of amides is 3. The number of ether oxygens (including phenoxy) is 5. The van der Waals surface area contributed by atoms with Crippen LogP contribution in [0.2, 0.25) is 0 Å². The number of carbonyl (C=O) groups is 4. The van der Waals surface area contributed by atoms with E-state index in [0.717, 1.165) is 17.4 Å². The van der Waals surface area contributed by atoms with Gasteiger partial charge in [-0.25, -0.2) is 4.79 Å². The molecule has 8 rings (SSSR count). The summed E-state index contributed by atoms with van der Waals surface area (Å²) in [6, 6.07) is 18.7. The van der Waals surface area contributed by atoms with Crippen molar-refractivity contribution in [2.24, 2.45) is 0 Å². The molecule has 15 nitrogen and oxygen atoms in total. The number of aromatic nitrogens is 1. The van der Waals surface area contributed by atoms with Crippen molar-refractivity contribution < 1.29 is 69.2 Å². The molecule has 0 unspecified atom stereocenters. The Bertz CT molecular complexity index is 2980. The molecule has 1 saturated heterocycles. The number of rotatable bonds is 20. The minimum Gasteiger partial charge on any atom is -0.456 e. The fourth-order valence-electron chi connectivity index (χ4n) is 10.1. The van der Waals surface area contributed by atoms with Crippen LogP contribution in [0.25, 0.3) is 11.3 Å². The van der Waals surface area contributed by atoms with E-state index in [2.05, 4.69) is 16.0 Å². The number of carbonyl (C=O) groups excluding carboxylic acids is 4. The first-order valence-electron chi connectivity index (χ1n) is 25.4. The average molecular weight is 1080 g/mol. The molecule has 3 aliphatic rings. The number of hydrogen-bond donors (Lipinski definition) is 3. The van der Waals surface area contributed by atoms with Gasteiger partial charge in [-0.1, -0.05) is 19.9 Å². The fourth-order valence-corrected chi connectivity index (χ4v) is 10.1. The van der Waals surface area contributed by atoms with E-state index in [1.165, 1.54) is 17.6 Å². The SMILES string of the molecule is CCC(CC)(NC(=O)c1cc(-c2cc(C(F)(F)F)ccc2C(F)(F)F)n(C[C@H]2CCCO2)c1C)C(=O)NCCOCCOCCNC(=O)c1ccc2c(c1)C(=O)OC21c2ccc(N(C)C)cc2Oc2cc(N(C)C)ccc21. The van der Waals surface area contributed by atoms with E-state index in [4.69, 9.17) is 23.7 Å². The van der Waals surface area contributed by atoms with Gasteiger partial charge < -0.3 is 54.0 Å². The number of fused-ring (bicyclic) bond motifs is 6. The monoisotopic (exact) mass is 1080 g/mol. The van der Waals surface area contributed by atoms with Crippen LogP contribution < -0.4 is 30.5 Å². The molecule has 5 aromatic rings. The Kier molecular flexibility index (Phi) is 16.4. The lowest BCUT2D eigenvalue weighted by atomic mass is 9.77. The Labute approximate surface area is 442 Å². The molecular formula is C56H62F6N6O9. The Hall–Kier alpha value is -7.10. The van der Waals surface area contributed by atoms with Gasteiger partial charge in [0.15, 0.2) is 5.60 Å². The summed E-state index contributed by atoms with van der Waals surface area (Å²) in [5, 5.41) is 8.35. The molecule has 1 aromatic heterocycles. The van der Waals surface area contributed by atoms with Crippen molar-refractivity contribution >= 4 is 35.1 Å². The van der Waals surface area contributed by atoms with Gasteiger partial charge in [0.2, 0.25) is 5.91 Å². The second kappa shape index (κ2) is 22.5. The molecule has 77 heavy (non-hydrogen) atoms. The molecule has 4 heterocycles. The van der Waals surface area contributed by atoms with Gasteiger partial charge in [-0.2, -0.15) is 26.3 Å². The lowest BCUT2D eigenvalue weighted by molar-refractivity contribution is -0.141. The summed E-state index contributed by atoms with van der Waals surface area (Å²) < 4.78 is 116. The van der Waals surface area contributed by atoms with E-state index >= 15 is 0 Å². The summed E-state index contributed by atoms with van der Waals surface area (Å²) in [7, 11) is 7.69. The molecule has 0 radical (unpaired) electrons. The molecule has 1 spiro atoms. The van der Waals surface area contributed by atoms with Crippen molar-refractivity contribution in [2.75, 3.05) is 84.1 Å². The molecule has 3 amide bonds. The van der Waals surface area contributed by atoms with E-state index in [9.17, 15) is 45.5 Å². The predicted molar refractivity (Wildman–Crippen MR) is 275 cm³/mol. The molecule has 3 aliphatic heterocycles. The van der Waals surface area contributed by atoms with Crippen LogP contribution in [-0.2, 0) is 48.2 Å². The van der Waals surface area contributed by atoms with E-state index < -0.39 is 70.0 Å². The van der Waals surface area contributed by atoms with Gasteiger partial charge in [-0.05, 0) is 93.3 Å². The second-order valence-corrected chi connectivity index (χ2v) is 19.6. The minimum absolute atomic E-state index is 0.0184. The molecule has 1 atom stereocenters. The maximum atomic E-state index is 14.4. The molecule has 0 saturated carbocycles. The van der Waals surface area contributed by atoms with Gasteiger partial charge in [0.1, 0.15) is 17.0 Å². The van der Waals surface area contributed by atoms with Crippen LogP contribution in [0, 0.1) is 6.92 Å². The third kappa shape index (κ3) is 11.3. The van der Waals surface area contributed by atoms with Gasteiger partial charge in [0, 0.05) is 117 Å². The van der Waals surface area contributed by atoms with Gasteiger partial charge in [-0.3, -0.25) is 14.4 Å². The highest BCUT2D eigenvalue weighted by Crippen LogP contribution is 2.57. The number of anilines is 2. The number of esters is 1. The van der Waals surface area contributed by atoms with Gasteiger partial charge in [0.25, 0.3) is 11.8 Å². The molecule has 0 aliphatic carbocycles. The summed E-state index contributed by atoms with van der Waals surface area (Å²) in [6.45, 7) is 5.91. The van der Waals surface area contributed by atoms with E-state index in [1.807, 2.05) is 74.4 Å². The lowest BCUT2D eigenvalue weighted by Crippen LogP contribution is -2.58. The maximum Gasteiger partial charge on any atom is 0.417 e. The van der Waals surface area contributed by atoms with Crippen molar-refractivity contribution in [1.29, 1.82) is 0 Å². The first-order chi connectivity index (χ1) is 36.5. The highest BCUT2D eigenvalue weighted by molar-refractivity contribution is 6.02. The van der Waals surface area contributed by atoms with Crippen LogP contribution in [0.1, 0.15) is 104 Å². The minimum atomic E-state index is -5.02. The van der Waals surface area contributed by atoms with Crippen molar-refractivity contribution in [3.63, 3.8) is 0 Å². The van der Waals surface area contributed by atoms with Gasteiger partial charge in [-0.15, -0.1) is 0 Å². The van der Waals surface area contributed by atoms with E-state index in [-0.39, 0.29) is 87.0 Å². The number of benzene rings is 4. The molecule has 4 aromatic carbocycles. The Balaban J connectivity index is 0.833. The Morgan fingerprint density at radius 2 is 1.34 bits per heavy atom. The summed E-state index contributed by atoms with van der Waals surface area (Å²) in [5.74, 6) is -1.27. The normalized spacial score (nSPS) is 15.5. The highest BCUT2D eigenvalue weighted by atomic mass is 19.4. The Morgan fingerprint density at radius 1 is 0.727 bits per heavy atom. The third-order valence-electron chi connectivity index (χ3n) is 14.4. The summed E-state index contributed by atoms with van der Waals surface area (Å²) in [6.07, 6.45) is -8.94. The number of hydrogen-bond acceptors (Lipinski definition) is 11. The van der Waals surface area contributed by atoms with Crippen LogP contribution in [0.4, 0.5) is 37.7 Å². The van der Waals surface area contributed by atoms with Crippen molar-refractivity contribution in [3.05, 3.63) is 129 Å². The molecule has 412 valence electrons. The number of halogens is 6. The van der Waals surface area contributed by atoms with E-state index in [0.29, 0.717) is 65.8 Å². The molecular weight excluding hydrogens is 1010 g/mol. The van der Waals surface area contributed by atoms with Crippen molar-refractivity contribution in [1.82, 2.24) is 20.5 Å². The van der Waals surface area contributed by atoms with Gasteiger partial charge in [0.05, 0.1) is 54.8 Å². The molecule has 1 fully saturated rings. The third-order valence-corrected chi connectivity index (χ3v) is 14.4. The summed E-state index contributed by atoms with van der Waals surface area (Å²) in [4.78, 5) is 58.8. The lowest BCUT2D eigenvalue weighted by Gasteiger charge is -2.37. The Morgan fingerprint density at radius 3 is 1.90 bits per heavy atom. The van der Waals surface area contributed by atoms with Crippen LogP contribution >= 0.6 is 0 Å². The average Bonchev–Trinajstić information content (AvgIpc) is 4.30. The molecule has 3 N–H and O–H groups in total. The largest absolute Gasteiger partial charge is 0.456 e. The fraction of sp³-hybridized carbons (Fsp3) is 0.429. The van der Waals surface area contributed by atoms with Crippen LogP contribution in [-0.4, -0.2) is 114 Å². The standard InChI is InChI=1S/C56H62F6N6O9/c1-8-53(9-2,65-50(70)39-31-46(68(33(39)3)32-38-11-10-22-75-38)40-28-35(55(57,58)59)13-17-43(40)56(60,61)62)52(72)64-21-24-74-26-25-73-23-20-63-49(69)34-12-16-42-41(27-34)51(71)77-54(42)44-18-14-36(66(4)5)29-47(44)76-48-30-37(67(6)7)15-19-45(48)54/h12-19,27-31,38H,8-11,20-26,32H2,1-7H3,(H,63,69)(H,64,72)(H,65,70)/t38-/m1/s1. The second-order valence-electron chi connectivity index (χ2n) is 19.6. The van der Waals surface area contributed by atoms with Crippen LogP contribution in [0.15, 0.2) is 78.9 Å². The quantitative estimate of drug-likeness (QED) is 0.0387. The van der Waals surface area contributed by atoms with Crippen molar-refractivity contribution in [3.8, 4) is 22.8 Å². The number of nitrogens with zero attached hydrogens (tertiary/aromatic N) is 3. The number of nitrogens with one attached hydrogen (secondary N) is 3. The zero-order valence-electron chi connectivity index (χ0n) is 43.9. The number of alkyl halides is 6. The molecule has 21 heteroatoms. The predicted octanol–water partition coefficient (Wildman–Crippen LogP) is 9.25. The molecule has 0 bridgehead atoms. The first kappa shape index (κ1) is 56.1. The zero-order chi connectivity index (χ0) is 55.6. The highest BCUT2D eigenvalue weighted by Gasteiger charge is 2.54. The van der Waals surface area contributed by atoms with Crippen LogP contribution in [0.5, 0.6) is 11.5 Å². The first-order valence-corrected chi connectivity index (χ1v) is 25.4. The zero-order valence-corrected chi connectivity index (χ0v) is 43.9. The van der Waals surface area contributed by atoms with Gasteiger partial charge >= 0.3 is 18.3 Å². The van der Waals surface area contributed by atoms with Crippen molar-refractivity contribution in [2.45, 2.75) is 82.6 Å². The van der Waals surface area contributed by atoms with E-state index in [1.54, 1.807) is 26.0 Å². The maximum absolute atomic E-state index is 14.4. The smallest absolute Gasteiger partial charge is 0.417 e. The topological polar surface area (TPSA) is 162 Å². The van der Waals surface area contributed by atoms with Crippen LogP contribution in [0.3, 0.4) is 0 Å². The summed E-state index contributed by atoms with van der Waals surface area (Å²) >= 11 is 0. The summed E-state index contributed by atoms with van der Waals surface area (Å²) in [5.41, 5.74) is -2.11.